The van der Waals surface area contributed by atoms with Crippen molar-refractivity contribution in [2.45, 2.75) is 12.3 Å². The zero-order chi connectivity index (χ0) is 13.7. The molecule has 0 aliphatic carbocycles. The van der Waals surface area contributed by atoms with Crippen molar-refractivity contribution in [3.8, 4) is 0 Å². The molecule has 3 heteroatoms. The fourth-order valence-electron chi connectivity index (χ4n) is 2.24. The van der Waals surface area contributed by atoms with E-state index in [1.165, 1.54) is 18.2 Å². The van der Waals surface area contributed by atoms with E-state index in [1.807, 2.05) is 13.1 Å². The first-order valence-electron chi connectivity index (χ1n) is 6.33. The van der Waals surface area contributed by atoms with Crippen molar-refractivity contribution in [1.29, 1.82) is 0 Å². The molecule has 1 nitrogen and oxygen atoms in total. The fraction of sp³-hybridized carbons (Fsp3) is 0.250. The predicted molar refractivity (Wildman–Crippen MR) is 73.2 cm³/mol. The van der Waals surface area contributed by atoms with Crippen LogP contribution in [0.1, 0.15) is 17.0 Å². The van der Waals surface area contributed by atoms with Crippen molar-refractivity contribution in [1.82, 2.24) is 5.32 Å². The summed E-state index contributed by atoms with van der Waals surface area (Å²) < 4.78 is 26.1. The third-order valence-electron chi connectivity index (χ3n) is 3.16. The van der Waals surface area contributed by atoms with E-state index in [9.17, 15) is 8.78 Å². The molecule has 19 heavy (non-hydrogen) atoms. The second-order valence-electron chi connectivity index (χ2n) is 4.64. The molecule has 1 N–H and O–H groups in total. The van der Waals surface area contributed by atoms with Gasteiger partial charge in [0.15, 0.2) is 0 Å². The van der Waals surface area contributed by atoms with Gasteiger partial charge in [-0.1, -0.05) is 24.3 Å². The molecule has 0 fully saturated rings. The van der Waals surface area contributed by atoms with Crippen LogP contribution in [0.2, 0.25) is 0 Å². The van der Waals surface area contributed by atoms with Crippen LogP contribution in [0.5, 0.6) is 0 Å². The van der Waals surface area contributed by atoms with Gasteiger partial charge < -0.3 is 5.32 Å². The van der Waals surface area contributed by atoms with E-state index in [-0.39, 0.29) is 17.6 Å². The van der Waals surface area contributed by atoms with Gasteiger partial charge in [-0.05, 0) is 48.9 Å². The largest absolute Gasteiger partial charge is 0.319 e. The number of rotatable bonds is 5. The maximum atomic E-state index is 13.2. The number of hydrogen-bond acceptors (Lipinski definition) is 1. The molecule has 0 spiro atoms. The molecule has 1 unspecified atom stereocenters. The van der Waals surface area contributed by atoms with Crippen molar-refractivity contribution in [3.63, 3.8) is 0 Å². The molecule has 0 heterocycles. The van der Waals surface area contributed by atoms with Crippen LogP contribution in [0.15, 0.2) is 48.5 Å². The second kappa shape index (κ2) is 6.43. The van der Waals surface area contributed by atoms with Crippen molar-refractivity contribution in [3.05, 3.63) is 71.3 Å². The summed E-state index contributed by atoms with van der Waals surface area (Å²) >= 11 is 0. The summed E-state index contributed by atoms with van der Waals surface area (Å²) in [5.74, 6) is -0.259. The average Bonchev–Trinajstić information content (AvgIpc) is 2.39. The second-order valence-corrected chi connectivity index (χ2v) is 4.64. The van der Waals surface area contributed by atoms with Gasteiger partial charge in [-0.3, -0.25) is 0 Å². The molecule has 0 bridgehead atoms. The Morgan fingerprint density at radius 3 is 2.37 bits per heavy atom. The van der Waals surface area contributed by atoms with E-state index >= 15 is 0 Å². The molecule has 100 valence electrons. The minimum atomic E-state index is -0.238. The van der Waals surface area contributed by atoms with Crippen LogP contribution < -0.4 is 5.32 Å². The number of likely N-dealkylation sites (N-methyl/N-ethyl adjacent to an activating group) is 1. The van der Waals surface area contributed by atoms with E-state index in [4.69, 9.17) is 0 Å². The first-order chi connectivity index (χ1) is 9.19. The Balaban J connectivity index is 2.18. The molecule has 0 radical (unpaired) electrons. The average molecular weight is 261 g/mol. The lowest BCUT2D eigenvalue weighted by Gasteiger charge is -2.17. The van der Waals surface area contributed by atoms with Crippen LogP contribution in [-0.2, 0) is 6.42 Å². The Hall–Kier alpha value is -1.74. The maximum Gasteiger partial charge on any atom is 0.123 e. The van der Waals surface area contributed by atoms with Crippen molar-refractivity contribution < 1.29 is 8.78 Å². The van der Waals surface area contributed by atoms with Crippen LogP contribution in [0, 0.1) is 11.6 Å². The number of nitrogens with one attached hydrogen (secondary N) is 1. The van der Waals surface area contributed by atoms with Crippen molar-refractivity contribution >= 4 is 0 Å². The molecule has 2 aromatic rings. The van der Waals surface area contributed by atoms with E-state index in [2.05, 4.69) is 5.32 Å². The quantitative estimate of drug-likeness (QED) is 0.868. The van der Waals surface area contributed by atoms with Gasteiger partial charge in [0.1, 0.15) is 11.6 Å². The first kappa shape index (κ1) is 13.7. The van der Waals surface area contributed by atoms with Gasteiger partial charge in [0.2, 0.25) is 0 Å². The van der Waals surface area contributed by atoms with Gasteiger partial charge in [-0.2, -0.15) is 0 Å². The zero-order valence-electron chi connectivity index (χ0n) is 10.9. The highest BCUT2D eigenvalue weighted by atomic mass is 19.1. The van der Waals surface area contributed by atoms with E-state index in [1.54, 1.807) is 24.3 Å². The maximum absolute atomic E-state index is 13.2. The third kappa shape index (κ3) is 3.86. The molecule has 0 aromatic heterocycles. The Kier molecular flexibility index (Phi) is 4.63. The van der Waals surface area contributed by atoms with Gasteiger partial charge >= 0.3 is 0 Å². The first-order valence-corrected chi connectivity index (χ1v) is 6.33. The van der Waals surface area contributed by atoms with E-state index in [0.29, 0.717) is 0 Å². The summed E-state index contributed by atoms with van der Waals surface area (Å²) in [5.41, 5.74) is 2.00. The van der Waals surface area contributed by atoms with Gasteiger partial charge in [-0.15, -0.1) is 0 Å². The lowest BCUT2D eigenvalue weighted by atomic mass is 9.92. The Labute approximate surface area is 112 Å². The molecule has 0 aliphatic heterocycles. The summed E-state index contributed by atoms with van der Waals surface area (Å²) in [6, 6.07) is 13.1. The van der Waals surface area contributed by atoms with E-state index in [0.717, 1.165) is 24.1 Å². The highest BCUT2D eigenvalue weighted by Crippen LogP contribution is 2.21. The molecule has 1 atom stereocenters. The zero-order valence-corrected chi connectivity index (χ0v) is 10.9. The third-order valence-corrected chi connectivity index (χ3v) is 3.16. The van der Waals surface area contributed by atoms with E-state index < -0.39 is 0 Å². The SMILES string of the molecule is CNCC(Cc1cccc(F)c1)c1ccc(F)cc1. The lowest BCUT2D eigenvalue weighted by molar-refractivity contribution is 0.603. The van der Waals surface area contributed by atoms with Gasteiger partial charge in [0.05, 0.1) is 0 Å². The summed E-state index contributed by atoms with van der Waals surface area (Å²) in [4.78, 5) is 0. The monoisotopic (exact) mass is 261 g/mol. The smallest absolute Gasteiger partial charge is 0.123 e. The standard InChI is InChI=1S/C16H17F2N/c1-19-11-14(13-5-7-15(17)8-6-13)9-12-3-2-4-16(18)10-12/h2-8,10,14,19H,9,11H2,1H3. The minimum absolute atomic E-state index is 0.201. The van der Waals surface area contributed by atoms with Crippen LogP contribution in [0.25, 0.3) is 0 Å². The Morgan fingerprint density at radius 2 is 1.74 bits per heavy atom. The highest BCUT2D eigenvalue weighted by molar-refractivity contribution is 5.25. The van der Waals surface area contributed by atoms with Crippen molar-refractivity contribution in [2.24, 2.45) is 0 Å². The molecular weight excluding hydrogens is 244 g/mol. The molecule has 0 saturated heterocycles. The summed E-state index contributed by atoms with van der Waals surface area (Å²) in [5, 5.41) is 3.13. The number of benzene rings is 2. The number of hydrogen-bond donors (Lipinski definition) is 1. The molecule has 0 amide bonds. The van der Waals surface area contributed by atoms with Crippen LogP contribution in [0.3, 0.4) is 0 Å². The topological polar surface area (TPSA) is 12.0 Å². The number of halogens is 2. The molecular formula is C16H17F2N. The predicted octanol–water partition coefficient (Wildman–Crippen LogP) is 3.51. The molecule has 2 rings (SSSR count). The fourth-order valence-corrected chi connectivity index (χ4v) is 2.24. The summed E-state index contributed by atoms with van der Waals surface area (Å²) in [6.07, 6.45) is 0.726. The highest BCUT2D eigenvalue weighted by Gasteiger charge is 2.12. The molecule has 0 saturated carbocycles. The normalized spacial score (nSPS) is 12.4. The van der Waals surface area contributed by atoms with Crippen LogP contribution >= 0.6 is 0 Å². The van der Waals surface area contributed by atoms with Crippen molar-refractivity contribution in [2.75, 3.05) is 13.6 Å². The lowest BCUT2D eigenvalue weighted by Crippen LogP contribution is -2.19. The van der Waals surface area contributed by atoms with Crippen LogP contribution in [-0.4, -0.2) is 13.6 Å². The van der Waals surface area contributed by atoms with Gasteiger partial charge in [-0.25, -0.2) is 8.78 Å². The molecule has 0 aliphatic rings. The minimum Gasteiger partial charge on any atom is -0.319 e. The summed E-state index contributed by atoms with van der Waals surface area (Å²) in [7, 11) is 1.88. The van der Waals surface area contributed by atoms with Gasteiger partial charge in [0.25, 0.3) is 0 Å². The van der Waals surface area contributed by atoms with Crippen LogP contribution in [0.4, 0.5) is 8.78 Å². The Morgan fingerprint density at radius 1 is 1.00 bits per heavy atom. The molecule has 2 aromatic carbocycles. The Bertz CT molecular complexity index is 523. The van der Waals surface area contributed by atoms with Gasteiger partial charge in [0, 0.05) is 12.5 Å². The summed E-state index contributed by atoms with van der Waals surface area (Å²) in [6.45, 7) is 0.766.